The number of nitrogens with zero attached hydrogens (tertiary/aromatic N) is 3. The van der Waals surface area contributed by atoms with Gasteiger partial charge < -0.3 is 35.3 Å². The summed E-state index contributed by atoms with van der Waals surface area (Å²) in [5, 5.41) is 31.8. The Hall–Kier alpha value is -1.59. The van der Waals surface area contributed by atoms with E-state index in [2.05, 4.69) is 9.97 Å². The highest BCUT2D eigenvalue weighted by atomic mass is 31.2. The first kappa shape index (κ1) is 25.5. The summed E-state index contributed by atoms with van der Waals surface area (Å²) >= 11 is 0. The summed E-state index contributed by atoms with van der Waals surface area (Å²) in [6.45, 7) is 6.89. The Labute approximate surface area is 198 Å². The summed E-state index contributed by atoms with van der Waals surface area (Å²) < 4.78 is 26.7. The number of ether oxygens (including phenoxy) is 1. The second-order valence-electron chi connectivity index (χ2n) is 9.49. The van der Waals surface area contributed by atoms with Crippen molar-refractivity contribution in [3.8, 4) is 0 Å². The van der Waals surface area contributed by atoms with Crippen molar-refractivity contribution in [2.75, 3.05) is 5.73 Å². The van der Waals surface area contributed by atoms with Crippen LogP contribution in [-0.4, -0.2) is 69.6 Å². The van der Waals surface area contributed by atoms with Crippen LogP contribution in [0.2, 0.25) is 0 Å². The van der Waals surface area contributed by atoms with Crippen molar-refractivity contribution in [2.45, 2.75) is 101 Å². The molecule has 2 aromatic rings. The second kappa shape index (κ2) is 8.51. The molecule has 3 heterocycles. The van der Waals surface area contributed by atoms with E-state index in [1.54, 1.807) is 30.7 Å². The molecule has 190 valence electrons. The molecule has 2 aromatic heterocycles. The Bertz CT molecular complexity index is 1100. The van der Waals surface area contributed by atoms with Crippen LogP contribution in [0.15, 0.2) is 18.6 Å². The average molecular weight is 499 g/mol. The molecular weight excluding hydrogens is 463 g/mol. The molecule has 2 fully saturated rings. The van der Waals surface area contributed by atoms with Crippen molar-refractivity contribution >= 4 is 24.4 Å². The highest BCUT2D eigenvalue weighted by Crippen LogP contribution is 2.63. The Morgan fingerprint density at radius 1 is 1.24 bits per heavy atom. The van der Waals surface area contributed by atoms with E-state index in [1.165, 1.54) is 6.33 Å². The van der Waals surface area contributed by atoms with Gasteiger partial charge in [-0.1, -0.05) is 27.7 Å². The van der Waals surface area contributed by atoms with Gasteiger partial charge >= 0.3 is 7.60 Å². The number of aliphatic hydroxyl groups excluding tert-OH is 1. The van der Waals surface area contributed by atoms with Gasteiger partial charge in [0.25, 0.3) is 0 Å². The molecule has 6 N–H and O–H groups in total. The van der Waals surface area contributed by atoms with E-state index in [-0.39, 0.29) is 19.3 Å². The van der Waals surface area contributed by atoms with Gasteiger partial charge in [0, 0.05) is 12.6 Å². The Balaban J connectivity index is 1.54. The molecule has 5 unspecified atom stereocenters. The van der Waals surface area contributed by atoms with E-state index >= 15 is 0 Å². The predicted molar refractivity (Wildman–Crippen MR) is 125 cm³/mol. The van der Waals surface area contributed by atoms with Crippen LogP contribution in [-0.2, 0) is 13.8 Å². The smallest absolute Gasteiger partial charge is 0.359 e. The highest BCUT2D eigenvalue weighted by Gasteiger charge is 2.77. The van der Waals surface area contributed by atoms with Gasteiger partial charge in [0.05, 0.1) is 23.1 Å². The molecule has 0 bridgehead atoms. The lowest BCUT2D eigenvalue weighted by molar-refractivity contribution is -0.0839. The zero-order chi connectivity index (χ0) is 25.1. The van der Waals surface area contributed by atoms with Gasteiger partial charge in [-0.3, -0.25) is 9.09 Å². The first-order valence-corrected chi connectivity index (χ1v) is 13.4. The second-order valence-corrected chi connectivity index (χ2v) is 11.5. The van der Waals surface area contributed by atoms with Gasteiger partial charge in [0.1, 0.15) is 35.6 Å². The number of rotatable bonds is 10. The topological polar surface area (TPSA) is 173 Å². The van der Waals surface area contributed by atoms with Crippen LogP contribution >= 0.6 is 7.60 Å². The van der Waals surface area contributed by atoms with Gasteiger partial charge in [0.2, 0.25) is 0 Å². The number of aromatic nitrogens is 3. The van der Waals surface area contributed by atoms with Crippen LogP contribution in [0.1, 0.15) is 65.8 Å². The summed E-state index contributed by atoms with van der Waals surface area (Å²) in [5.74, 6) is 0.321. The molecule has 11 nitrogen and oxygen atoms in total. The average Bonchev–Trinajstić information content (AvgIpc) is 3.08. The molecule has 12 heteroatoms. The Kier molecular flexibility index (Phi) is 6.39. The lowest BCUT2D eigenvalue weighted by atomic mass is 9.88. The fraction of sp³-hybridized carbons (Fsp3) is 0.727. The normalized spacial score (nSPS) is 30.9. The van der Waals surface area contributed by atoms with Crippen molar-refractivity contribution < 1.29 is 34.0 Å². The van der Waals surface area contributed by atoms with Crippen LogP contribution in [0.3, 0.4) is 0 Å². The van der Waals surface area contributed by atoms with E-state index in [0.717, 1.165) is 0 Å². The molecule has 1 saturated heterocycles. The van der Waals surface area contributed by atoms with Gasteiger partial charge in [-0.25, -0.2) is 9.97 Å². The fourth-order valence-electron chi connectivity index (χ4n) is 5.24. The first-order valence-electron chi connectivity index (χ1n) is 11.8. The number of nitrogen functional groups attached to an aromatic ring is 1. The number of anilines is 1. The summed E-state index contributed by atoms with van der Waals surface area (Å²) in [6.07, 6.45) is 1.23. The van der Waals surface area contributed by atoms with Gasteiger partial charge in [-0.15, -0.1) is 0 Å². The minimum Gasteiger partial charge on any atom is -0.387 e. The Morgan fingerprint density at radius 3 is 2.41 bits per heavy atom. The van der Waals surface area contributed by atoms with E-state index in [0.29, 0.717) is 29.7 Å². The molecule has 1 aliphatic carbocycles. The van der Waals surface area contributed by atoms with Crippen LogP contribution in [0.25, 0.3) is 11.0 Å². The number of nitrogens with two attached hydrogens (primary N) is 1. The summed E-state index contributed by atoms with van der Waals surface area (Å²) in [7, 11) is -4.42. The molecule has 0 aromatic carbocycles. The third kappa shape index (κ3) is 3.61. The van der Waals surface area contributed by atoms with Crippen molar-refractivity contribution in [1.29, 1.82) is 0 Å². The van der Waals surface area contributed by atoms with Crippen LogP contribution in [0.5, 0.6) is 0 Å². The van der Waals surface area contributed by atoms with Gasteiger partial charge in [-0.05, 0) is 31.7 Å². The maximum absolute atomic E-state index is 13.1. The number of hydrogen-bond donors (Lipinski definition) is 5. The van der Waals surface area contributed by atoms with E-state index in [4.69, 9.17) is 15.0 Å². The van der Waals surface area contributed by atoms with Gasteiger partial charge in [-0.2, -0.15) is 0 Å². The molecule has 0 spiro atoms. The monoisotopic (exact) mass is 498 g/mol. The molecule has 1 aliphatic heterocycles. The van der Waals surface area contributed by atoms with Crippen LogP contribution in [0, 0.1) is 0 Å². The van der Waals surface area contributed by atoms with E-state index in [1.807, 2.05) is 13.8 Å². The summed E-state index contributed by atoms with van der Waals surface area (Å²) in [6, 6.07) is 1.19. The molecule has 6 atom stereocenters. The minimum absolute atomic E-state index is 0.0613. The molecule has 2 aliphatic rings. The maximum atomic E-state index is 13.1. The molecular formula is C22H35N4O7P. The number of aliphatic hydroxyl groups is 3. The van der Waals surface area contributed by atoms with Crippen molar-refractivity contribution in [2.24, 2.45) is 0 Å². The standard InChI is InChI=1S/C22H35N4O7P/c1-5-20(6-2,33-34(30,31)21(28,7-3)8-4)11-14-16(27)22(29)15(17(22)32-14)26-10-9-13-18(23)24-12-25-19(13)26/h9-10,12,14-17,27-29H,5-8,11H2,1-4H3,(H,30,31)(H2,23,24,25)/t14?,15?,16?,17?,22-/m1/s1. The molecule has 4 rings (SSSR count). The molecule has 0 radical (unpaired) electrons. The van der Waals surface area contributed by atoms with E-state index < -0.39 is 48.5 Å². The third-order valence-corrected chi connectivity index (χ3v) is 10.3. The van der Waals surface area contributed by atoms with Crippen molar-refractivity contribution in [1.82, 2.24) is 14.5 Å². The lowest BCUT2D eigenvalue weighted by Gasteiger charge is -2.40. The minimum atomic E-state index is -4.42. The molecule has 34 heavy (non-hydrogen) atoms. The molecule has 0 amide bonds. The van der Waals surface area contributed by atoms with Crippen LogP contribution < -0.4 is 5.73 Å². The quantitative estimate of drug-likeness (QED) is 0.305. The Morgan fingerprint density at radius 2 is 1.88 bits per heavy atom. The largest absolute Gasteiger partial charge is 0.387 e. The first-order chi connectivity index (χ1) is 15.9. The highest BCUT2D eigenvalue weighted by molar-refractivity contribution is 7.54. The van der Waals surface area contributed by atoms with Crippen LogP contribution in [0.4, 0.5) is 5.82 Å². The number of hydrogen-bond acceptors (Lipinski definition) is 9. The predicted octanol–water partition coefficient (Wildman–Crippen LogP) is 2.09. The zero-order valence-electron chi connectivity index (χ0n) is 20.0. The van der Waals surface area contributed by atoms with Crippen molar-refractivity contribution in [3.63, 3.8) is 0 Å². The summed E-state index contributed by atoms with van der Waals surface area (Å²) in [4.78, 5) is 18.9. The molecule has 1 saturated carbocycles. The lowest BCUT2D eigenvalue weighted by Crippen LogP contribution is -2.44. The summed E-state index contributed by atoms with van der Waals surface area (Å²) in [5.41, 5.74) is 3.77. The fourth-order valence-corrected chi connectivity index (χ4v) is 7.07. The van der Waals surface area contributed by atoms with E-state index in [9.17, 15) is 24.8 Å². The van der Waals surface area contributed by atoms with Gasteiger partial charge in [0.15, 0.2) is 5.34 Å². The number of fused-ring (bicyclic) bond motifs is 2. The maximum Gasteiger partial charge on any atom is 0.359 e. The third-order valence-electron chi connectivity index (χ3n) is 7.93. The SMILES string of the molecule is CCC(CC)(CC1OC2C(n3ccc4c(N)ncnc43)[C@@]2(O)C1O)OP(=O)(O)C(O)(CC)CC. The zero-order valence-corrected chi connectivity index (χ0v) is 20.9. The van der Waals surface area contributed by atoms with Crippen molar-refractivity contribution in [3.05, 3.63) is 18.6 Å².